The molecule has 18 heavy (non-hydrogen) atoms. The summed E-state index contributed by atoms with van der Waals surface area (Å²) in [6.45, 7) is -0.396. The Labute approximate surface area is 104 Å². The molecule has 0 unspecified atom stereocenters. The molecule has 0 aliphatic rings. The molecule has 6 heteroatoms. The van der Waals surface area contributed by atoms with Crippen molar-refractivity contribution in [1.82, 2.24) is 0 Å². The minimum atomic E-state index is -0.973. The molecule has 0 aromatic heterocycles. The Kier molecular flexibility index (Phi) is 4.98. The second-order valence-electron chi connectivity index (χ2n) is 3.74. The zero-order valence-electron chi connectivity index (χ0n) is 9.87. The van der Waals surface area contributed by atoms with Gasteiger partial charge < -0.3 is 4.74 Å². The summed E-state index contributed by atoms with van der Waals surface area (Å²) in [7, 11) is 1.10. The lowest BCUT2D eigenvalue weighted by atomic mass is 9.94. The molecule has 0 amide bonds. The molecule has 0 heterocycles. The summed E-state index contributed by atoms with van der Waals surface area (Å²) in [5.41, 5.74) is 0.659. The second-order valence-corrected chi connectivity index (χ2v) is 3.74. The number of benzene rings is 1. The number of carbonyl (C=O) groups excluding carboxylic acids is 2. The normalized spacial score (nSPS) is 11.6. The maximum Gasteiger partial charge on any atom is 0.374 e. The van der Waals surface area contributed by atoms with Crippen molar-refractivity contribution in [1.29, 1.82) is 0 Å². The first-order valence-corrected chi connectivity index (χ1v) is 5.32. The molecule has 0 spiro atoms. The number of nitro groups is 1. The van der Waals surface area contributed by atoms with E-state index in [2.05, 4.69) is 4.74 Å². The van der Waals surface area contributed by atoms with E-state index in [-0.39, 0.29) is 6.42 Å². The lowest BCUT2D eigenvalue weighted by molar-refractivity contribution is -0.483. The van der Waals surface area contributed by atoms with E-state index in [1.54, 1.807) is 30.3 Å². The quantitative estimate of drug-likeness (QED) is 0.328. The van der Waals surface area contributed by atoms with Crippen LogP contribution in [0.25, 0.3) is 0 Å². The maximum absolute atomic E-state index is 11.4. The topological polar surface area (TPSA) is 86.5 Å². The average Bonchev–Trinajstić information content (AvgIpc) is 2.37. The molecule has 0 saturated heterocycles. The van der Waals surface area contributed by atoms with Gasteiger partial charge in [0.25, 0.3) is 0 Å². The molecular weight excluding hydrogens is 238 g/mol. The van der Waals surface area contributed by atoms with Gasteiger partial charge in [-0.2, -0.15) is 0 Å². The molecule has 1 rings (SSSR count). The van der Waals surface area contributed by atoms with Crippen LogP contribution in [0.2, 0.25) is 0 Å². The first-order valence-electron chi connectivity index (χ1n) is 5.32. The van der Waals surface area contributed by atoms with E-state index in [0.29, 0.717) is 5.56 Å². The number of rotatable bonds is 6. The Hall–Kier alpha value is -2.24. The van der Waals surface area contributed by atoms with Gasteiger partial charge in [0.2, 0.25) is 12.3 Å². The van der Waals surface area contributed by atoms with Crippen molar-refractivity contribution >= 4 is 11.8 Å². The summed E-state index contributed by atoms with van der Waals surface area (Å²) >= 11 is 0. The van der Waals surface area contributed by atoms with Crippen molar-refractivity contribution in [2.75, 3.05) is 13.7 Å². The Bertz CT molecular complexity index is 443. The van der Waals surface area contributed by atoms with E-state index in [1.165, 1.54) is 0 Å². The fourth-order valence-corrected chi connectivity index (χ4v) is 1.61. The molecule has 1 atom stereocenters. The van der Waals surface area contributed by atoms with Gasteiger partial charge in [-0.1, -0.05) is 30.3 Å². The van der Waals surface area contributed by atoms with E-state index in [1.807, 2.05) is 0 Å². The zero-order valence-corrected chi connectivity index (χ0v) is 9.87. The summed E-state index contributed by atoms with van der Waals surface area (Å²) in [6.07, 6.45) is -0.225. The minimum absolute atomic E-state index is 0.225. The maximum atomic E-state index is 11.4. The summed E-state index contributed by atoms with van der Waals surface area (Å²) in [5, 5.41) is 10.6. The molecule has 0 radical (unpaired) electrons. The monoisotopic (exact) mass is 251 g/mol. The predicted octanol–water partition coefficient (Wildman–Crippen LogP) is 1.18. The molecule has 0 fully saturated rings. The summed E-state index contributed by atoms with van der Waals surface area (Å²) in [6, 6.07) is 8.61. The third-order valence-electron chi connectivity index (χ3n) is 2.49. The number of nitrogens with zero attached hydrogens (tertiary/aromatic N) is 1. The lowest BCUT2D eigenvalue weighted by Gasteiger charge is -2.11. The van der Waals surface area contributed by atoms with Crippen molar-refractivity contribution in [2.24, 2.45) is 0 Å². The third-order valence-corrected chi connectivity index (χ3v) is 2.49. The Balaban J connectivity index is 2.83. The smallest absolute Gasteiger partial charge is 0.374 e. The Morgan fingerprint density at radius 1 is 1.33 bits per heavy atom. The number of ether oxygens (including phenoxy) is 1. The van der Waals surface area contributed by atoms with Gasteiger partial charge in [-0.15, -0.1) is 0 Å². The molecule has 1 aromatic carbocycles. The second kappa shape index (κ2) is 6.48. The van der Waals surface area contributed by atoms with Crippen molar-refractivity contribution in [2.45, 2.75) is 12.3 Å². The molecule has 6 nitrogen and oxygen atoms in total. The minimum Gasteiger partial charge on any atom is -0.463 e. The number of carbonyl (C=O) groups is 2. The summed E-state index contributed by atoms with van der Waals surface area (Å²) < 4.78 is 4.30. The third kappa shape index (κ3) is 3.97. The highest BCUT2D eigenvalue weighted by molar-refractivity contribution is 6.33. The van der Waals surface area contributed by atoms with Gasteiger partial charge in [-0.3, -0.25) is 14.9 Å². The highest BCUT2D eigenvalue weighted by Crippen LogP contribution is 2.20. The number of hydrogen-bond donors (Lipinski definition) is 0. The molecular formula is C12H13NO5. The summed E-state index contributed by atoms with van der Waals surface area (Å²) in [4.78, 5) is 32.5. The van der Waals surface area contributed by atoms with Crippen LogP contribution < -0.4 is 0 Å². The van der Waals surface area contributed by atoms with Gasteiger partial charge >= 0.3 is 5.97 Å². The van der Waals surface area contributed by atoms with Gasteiger partial charge in [-0.25, -0.2) is 4.79 Å². The first kappa shape index (κ1) is 13.8. The number of methoxy groups -OCH3 is 1. The van der Waals surface area contributed by atoms with Crippen LogP contribution in [0.4, 0.5) is 0 Å². The molecule has 0 bridgehead atoms. The first-order chi connectivity index (χ1) is 8.54. The van der Waals surface area contributed by atoms with E-state index in [0.717, 1.165) is 7.11 Å². The highest BCUT2D eigenvalue weighted by atomic mass is 16.6. The summed E-state index contributed by atoms with van der Waals surface area (Å²) in [5.74, 6) is -2.35. The fourth-order valence-electron chi connectivity index (χ4n) is 1.61. The van der Waals surface area contributed by atoms with Crippen molar-refractivity contribution in [3.8, 4) is 0 Å². The number of Topliss-reactive ketones (excluding diaryl/α,β-unsaturated/α-hetero) is 1. The van der Waals surface area contributed by atoms with Crippen LogP contribution in [0.1, 0.15) is 17.9 Å². The van der Waals surface area contributed by atoms with Crippen LogP contribution in [0, 0.1) is 10.1 Å². The van der Waals surface area contributed by atoms with Gasteiger partial charge in [0.05, 0.1) is 13.0 Å². The molecule has 1 aromatic rings. The van der Waals surface area contributed by atoms with Gasteiger partial charge in [0.1, 0.15) is 0 Å². The van der Waals surface area contributed by atoms with Gasteiger partial charge in [-0.05, 0) is 5.56 Å². The van der Waals surface area contributed by atoms with E-state index < -0.39 is 29.1 Å². The molecule has 0 N–H and O–H groups in total. The van der Waals surface area contributed by atoms with Crippen LogP contribution in [-0.4, -0.2) is 30.3 Å². The Morgan fingerprint density at radius 3 is 2.44 bits per heavy atom. The molecule has 96 valence electrons. The van der Waals surface area contributed by atoms with E-state index in [9.17, 15) is 19.7 Å². The molecule has 0 aliphatic carbocycles. The fraction of sp³-hybridized carbons (Fsp3) is 0.333. The van der Waals surface area contributed by atoms with E-state index >= 15 is 0 Å². The van der Waals surface area contributed by atoms with Gasteiger partial charge in [0, 0.05) is 11.3 Å². The zero-order chi connectivity index (χ0) is 13.5. The van der Waals surface area contributed by atoms with Crippen LogP contribution >= 0.6 is 0 Å². The van der Waals surface area contributed by atoms with E-state index in [4.69, 9.17) is 0 Å². The van der Waals surface area contributed by atoms with Crippen molar-refractivity contribution in [3.63, 3.8) is 0 Å². The number of ketones is 1. The standard InChI is InChI=1S/C12H13NO5/c1-18-12(15)11(14)7-10(8-13(16)17)9-5-3-2-4-6-9/h2-6,10H,7-8H2,1H3/t10-/m0/s1. The predicted molar refractivity (Wildman–Crippen MR) is 62.7 cm³/mol. The van der Waals surface area contributed by atoms with Crippen LogP contribution in [0.15, 0.2) is 30.3 Å². The SMILES string of the molecule is COC(=O)C(=O)C[C@@H](C[N+](=O)[O-])c1ccccc1. The average molecular weight is 251 g/mol. The molecule has 0 saturated carbocycles. The highest BCUT2D eigenvalue weighted by Gasteiger charge is 2.25. The van der Waals surface area contributed by atoms with Crippen LogP contribution in [0.5, 0.6) is 0 Å². The van der Waals surface area contributed by atoms with Crippen molar-refractivity contribution in [3.05, 3.63) is 46.0 Å². The number of hydrogen-bond acceptors (Lipinski definition) is 5. The van der Waals surface area contributed by atoms with Gasteiger partial charge in [0.15, 0.2) is 0 Å². The largest absolute Gasteiger partial charge is 0.463 e. The Morgan fingerprint density at radius 2 is 1.94 bits per heavy atom. The lowest BCUT2D eigenvalue weighted by Crippen LogP contribution is -2.22. The van der Waals surface area contributed by atoms with Crippen molar-refractivity contribution < 1.29 is 19.2 Å². The molecule has 0 aliphatic heterocycles. The number of esters is 1. The van der Waals surface area contributed by atoms with Crippen LogP contribution in [-0.2, 0) is 14.3 Å². The van der Waals surface area contributed by atoms with Crippen LogP contribution in [0.3, 0.4) is 0 Å².